The second kappa shape index (κ2) is 10.4. The van der Waals surface area contributed by atoms with Crippen molar-refractivity contribution in [2.75, 3.05) is 12.4 Å². The Labute approximate surface area is 171 Å². The summed E-state index contributed by atoms with van der Waals surface area (Å²) in [6.45, 7) is 1.79. The molecule has 0 spiro atoms. The highest BCUT2D eigenvalue weighted by Crippen LogP contribution is 2.15. The second-order valence-electron chi connectivity index (χ2n) is 6.28. The zero-order chi connectivity index (χ0) is 19.6. The fourth-order valence-corrected chi connectivity index (χ4v) is 2.94. The number of rotatable bonds is 8. The summed E-state index contributed by atoms with van der Waals surface area (Å²) in [6, 6.07) is 26.1. The van der Waals surface area contributed by atoms with Crippen molar-refractivity contribution in [1.82, 2.24) is 5.32 Å². The lowest BCUT2D eigenvalue weighted by atomic mass is 10.1. The fraction of sp³-hybridized carbons (Fsp3) is 0.174. The van der Waals surface area contributed by atoms with Crippen LogP contribution in [0.25, 0.3) is 0 Å². The normalized spacial score (nSPS) is 10.3. The molecule has 0 aromatic heterocycles. The first-order valence-corrected chi connectivity index (χ1v) is 9.53. The van der Waals surface area contributed by atoms with Crippen LogP contribution in [0.4, 0.5) is 5.69 Å². The molecule has 0 aliphatic rings. The van der Waals surface area contributed by atoms with E-state index in [1.54, 1.807) is 7.11 Å². The van der Waals surface area contributed by atoms with Gasteiger partial charge in [-0.2, -0.15) is 0 Å². The van der Waals surface area contributed by atoms with E-state index in [0.29, 0.717) is 24.9 Å². The average Bonchev–Trinajstić information content (AvgIpc) is 2.74. The molecule has 28 heavy (non-hydrogen) atoms. The maximum Gasteiger partial charge on any atom is 0.171 e. The van der Waals surface area contributed by atoms with Gasteiger partial charge < -0.3 is 20.1 Å². The highest BCUT2D eigenvalue weighted by Gasteiger charge is 2.04. The molecular formula is C23H24N2O2S. The first kappa shape index (κ1) is 19.9. The first-order valence-electron chi connectivity index (χ1n) is 9.12. The molecule has 4 nitrogen and oxygen atoms in total. The van der Waals surface area contributed by atoms with Crippen LogP contribution in [0.3, 0.4) is 0 Å². The van der Waals surface area contributed by atoms with E-state index in [1.807, 2.05) is 54.6 Å². The van der Waals surface area contributed by atoms with Gasteiger partial charge in [0.2, 0.25) is 0 Å². The summed E-state index contributed by atoms with van der Waals surface area (Å²) in [4.78, 5) is 0. The van der Waals surface area contributed by atoms with Crippen LogP contribution in [-0.2, 0) is 24.5 Å². The van der Waals surface area contributed by atoms with Crippen LogP contribution in [0.2, 0.25) is 0 Å². The molecule has 0 saturated heterocycles. The monoisotopic (exact) mass is 392 g/mol. The number of hydrogen-bond acceptors (Lipinski definition) is 3. The van der Waals surface area contributed by atoms with Gasteiger partial charge in [0.25, 0.3) is 0 Å². The van der Waals surface area contributed by atoms with Gasteiger partial charge >= 0.3 is 0 Å². The Bertz CT molecular complexity index is 883. The minimum atomic E-state index is 0.561. The Kier molecular flexibility index (Phi) is 7.41. The highest BCUT2D eigenvalue weighted by atomic mass is 32.1. The summed E-state index contributed by atoms with van der Waals surface area (Å²) >= 11 is 5.41. The minimum absolute atomic E-state index is 0.561. The molecule has 3 aromatic carbocycles. The van der Waals surface area contributed by atoms with Gasteiger partial charge in [-0.15, -0.1) is 0 Å². The molecule has 0 fully saturated rings. The molecule has 0 aliphatic heterocycles. The smallest absolute Gasteiger partial charge is 0.171 e. The minimum Gasteiger partial charge on any atom is -0.497 e. The lowest BCUT2D eigenvalue weighted by Crippen LogP contribution is -2.28. The Morgan fingerprint density at radius 1 is 0.821 bits per heavy atom. The van der Waals surface area contributed by atoms with E-state index in [-0.39, 0.29) is 0 Å². The molecular weight excluding hydrogens is 368 g/mol. The van der Waals surface area contributed by atoms with E-state index >= 15 is 0 Å². The van der Waals surface area contributed by atoms with E-state index in [9.17, 15) is 0 Å². The van der Waals surface area contributed by atoms with E-state index < -0.39 is 0 Å². The maximum atomic E-state index is 5.88. The van der Waals surface area contributed by atoms with E-state index in [1.165, 1.54) is 5.56 Å². The molecule has 5 heteroatoms. The van der Waals surface area contributed by atoms with Gasteiger partial charge in [0.1, 0.15) is 5.75 Å². The summed E-state index contributed by atoms with van der Waals surface area (Å²) in [6.07, 6.45) is 0. The molecule has 0 aliphatic carbocycles. The maximum absolute atomic E-state index is 5.88. The van der Waals surface area contributed by atoms with Gasteiger partial charge in [-0.05, 0) is 53.2 Å². The molecule has 0 radical (unpaired) electrons. The number of anilines is 1. The van der Waals surface area contributed by atoms with Crippen molar-refractivity contribution < 1.29 is 9.47 Å². The molecule has 0 amide bonds. The van der Waals surface area contributed by atoms with E-state index in [2.05, 4.69) is 34.9 Å². The first-order chi connectivity index (χ1) is 13.7. The van der Waals surface area contributed by atoms with Crippen molar-refractivity contribution >= 4 is 23.0 Å². The van der Waals surface area contributed by atoms with Crippen molar-refractivity contribution in [3.05, 3.63) is 95.6 Å². The molecule has 3 aromatic rings. The van der Waals surface area contributed by atoms with Gasteiger partial charge in [-0.25, -0.2) is 0 Å². The second-order valence-corrected chi connectivity index (χ2v) is 6.69. The summed E-state index contributed by atoms with van der Waals surface area (Å²) in [7, 11) is 1.65. The van der Waals surface area contributed by atoms with Crippen molar-refractivity contribution in [3.63, 3.8) is 0 Å². The molecule has 0 unspecified atom stereocenters. The van der Waals surface area contributed by atoms with Crippen LogP contribution < -0.4 is 15.4 Å². The van der Waals surface area contributed by atoms with Crippen LogP contribution in [0.5, 0.6) is 5.75 Å². The van der Waals surface area contributed by atoms with Crippen LogP contribution in [0.15, 0.2) is 78.9 Å². The predicted molar refractivity (Wildman–Crippen MR) is 117 cm³/mol. The third-order valence-electron chi connectivity index (χ3n) is 4.27. The average molecular weight is 393 g/mol. The summed E-state index contributed by atoms with van der Waals surface area (Å²) in [5.41, 5.74) is 4.40. The highest BCUT2D eigenvalue weighted by molar-refractivity contribution is 7.80. The number of nitrogens with one attached hydrogen (secondary N) is 2. The summed E-state index contributed by atoms with van der Waals surface area (Å²) < 4.78 is 11.0. The number of thiocarbonyl (C=S) groups is 1. The predicted octanol–water partition coefficient (Wildman–Crippen LogP) is 4.90. The molecule has 144 valence electrons. The number of hydrogen-bond donors (Lipinski definition) is 2. The van der Waals surface area contributed by atoms with Crippen molar-refractivity contribution in [2.24, 2.45) is 0 Å². The third-order valence-corrected chi connectivity index (χ3v) is 4.52. The van der Waals surface area contributed by atoms with Crippen LogP contribution in [-0.4, -0.2) is 12.2 Å². The lowest BCUT2D eigenvalue weighted by Gasteiger charge is -2.14. The van der Waals surface area contributed by atoms with E-state index in [4.69, 9.17) is 21.7 Å². The summed E-state index contributed by atoms with van der Waals surface area (Å²) in [5.74, 6) is 0.814. The number of benzene rings is 3. The van der Waals surface area contributed by atoms with Gasteiger partial charge in [0.05, 0.1) is 20.3 Å². The van der Waals surface area contributed by atoms with Crippen molar-refractivity contribution in [3.8, 4) is 5.75 Å². The zero-order valence-electron chi connectivity index (χ0n) is 15.9. The third kappa shape index (κ3) is 6.08. The number of methoxy groups -OCH3 is 1. The van der Waals surface area contributed by atoms with Gasteiger partial charge in [0.15, 0.2) is 5.11 Å². The largest absolute Gasteiger partial charge is 0.497 e. The number of ether oxygens (including phenoxy) is 2. The van der Waals surface area contributed by atoms with Crippen LogP contribution >= 0.6 is 12.2 Å². The van der Waals surface area contributed by atoms with Crippen LogP contribution in [0.1, 0.15) is 16.7 Å². The topological polar surface area (TPSA) is 42.5 Å². The van der Waals surface area contributed by atoms with Crippen LogP contribution in [0, 0.1) is 0 Å². The van der Waals surface area contributed by atoms with Gasteiger partial charge in [-0.1, -0.05) is 54.6 Å². The van der Waals surface area contributed by atoms with E-state index in [0.717, 1.165) is 22.6 Å². The molecule has 2 N–H and O–H groups in total. The molecule has 0 atom stereocenters. The van der Waals surface area contributed by atoms with Crippen molar-refractivity contribution in [1.29, 1.82) is 0 Å². The molecule has 0 saturated carbocycles. The zero-order valence-corrected chi connectivity index (χ0v) is 16.7. The quantitative estimate of drug-likeness (QED) is 0.534. The standard InChI is InChI=1S/C23H24N2O2S/c1-26-22-13-11-21(12-14-22)25-23(28)24-15-19-9-5-6-10-20(19)17-27-16-18-7-3-2-4-8-18/h2-14H,15-17H2,1H3,(H2,24,25,28). The molecule has 3 rings (SSSR count). The SMILES string of the molecule is COc1ccc(NC(=S)NCc2ccccc2COCc2ccccc2)cc1. The lowest BCUT2D eigenvalue weighted by molar-refractivity contribution is 0.106. The van der Waals surface area contributed by atoms with Gasteiger partial charge in [0, 0.05) is 12.2 Å². The Morgan fingerprint density at radius 3 is 2.21 bits per heavy atom. The van der Waals surface area contributed by atoms with Crippen molar-refractivity contribution in [2.45, 2.75) is 19.8 Å². The Morgan fingerprint density at radius 2 is 1.50 bits per heavy atom. The Hall–Kier alpha value is -2.89. The summed E-state index contributed by atoms with van der Waals surface area (Å²) in [5, 5.41) is 7.01. The van der Waals surface area contributed by atoms with Gasteiger partial charge in [-0.3, -0.25) is 0 Å². The molecule has 0 bridgehead atoms. The molecule has 0 heterocycles. The Balaban J connectivity index is 1.50. The fourth-order valence-electron chi connectivity index (χ4n) is 2.75.